The monoisotopic (exact) mass is 320 g/mol. The number of likely N-dealkylation sites (tertiary alicyclic amines) is 1. The van der Waals surface area contributed by atoms with Crippen molar-refractivity contribution >= 4 is 11.8 Å². The Kier molecular flexibility index (Phi) is 4.46. The molecule has 2 amide bonds. The lowest BCUT2D eigenvalue weighted by molar-refractivity contribution is -0.187. The van der Waals surface area contributed by atoms with Gasteiger partial charge < -0.3 is 10.2 Å². The molecule has 0 aromatic rings. The maximum atomic E-state index is 12.7. The molecule has 2 aliphatic heterocycles. The lowest BCUT2D eigenvalue weighted by Crippen LogP contribution is -2.48. The minimum Gasteiger partial charge on any atom is -0.355 e. The van der Waals surface area contributed by atoms with Gasteiger partial charge in [-0.2, -0.15) is 13.2 Å². The molecule has 0 aromatic heterocycles. The van der Waals surface area contributed by atoms with Crippen LogP contribution in [0.2, 0.25) is 0 Å². The molecule has 0 spiro atoms. The molecule has 7 heteroatoms. The molecule has 2 heterocycles. The molecule has 0 aliphatic carbocycles. The number of carbonyl (C=O) groups is 2. The predicted molar refractivity (Wildman–Crippen MR) is 74.8 cm³/mol. The number of carbonyl (C=O) groups excluding carboxylic acids is 2. The highest BCUT2D eigenvalue weighted by Crippen LogP contribution is 2.38. The summed E-state index contributed by atoms with van der Waals surface area (Å²) in [6.45, 7) is 6.49. The van der Waals surface area contributed by atoms with Gasteiger partial charge in [-0.25, -0.2) is 0 Å². The fraction of sp³-hybridized carbons (Fsp3) is 0.867. The topological polar surface area (TPSA) is 49.4 Å². The van der Waals surface area contributed by atoms with Crippen molar-refractivity contribution < 1.29 is 22.8 Å². The molecular formula is C15H23F3N2O2. The Morgan fingerprint density at radius 2 is 1.73 bits per heavy atom. The summed E-state index contributed by atoms with van der Waals surface area (Å²) in [6.07, 6.45) is -4.36. The molecule has 1 N–H and O–H groups in total. The second-order valence-electron chi connectivity index (χ2n) is 7.34. The highest BCUT2D eigenvalue weighted by molar-refractivity contribution is 6.02. The van der Waals surface area contributed by atoms with Crippen molar-refractivity contribution in [1.29, 1.82) is 0 Å². The van der Waals surface area contributed by atoms with E-state index in [1.807, 2.05) is 20.8 Å². The van der Waals surface area contributed by atoms with Crippen LogP contribution in [0.5, 0.6) is 0 Å². The zero-order chi connectivity index (χ0) is 16.7. The SMILES string of the molecule is CC(C)(C)[C@H]1CNC(=O)[C@@H]1C(=O)N1CCC(C(F)(F)F)CC1. The lowest BCUT2D eigenvalue weighted by Gasteiger charge is -2.36. The number of amides is 2. The van der Waals surface area contributed by atoms with E-state index < -0.39 is 18.0 Å². The molecule has 4 nitrogen and oxygen atoms in total. The summed E-state index contributed by atoms with van der Waals surface area (Å²) in [7, 11) is 0. The Labute approximate surface area is 128 Å². The van der Waals surface area contributed by atoms with Gasteiger partial charge in [0, 0.05) is 25.6 Å². The third-order valence-corrected chi connectivity index (χ3v) is 4.83. The molecule has 0 unspecified atom stereocenters. The number of hydrogen-bond donors (Lipinski definition) is 1. The standard InChI is InChI=1S/C15H23F3N2O2/c1-14(2,3)10-8-19-12(21)11(10)13(22)20-6-4-9(5-7-20)15(16,17)18/h9-11H,4-8H2,1-3H3,(H,19,21)/t10-,11+/m0/s1. The summed E-state index contributed by atoms with van der Waals surface area (Å²) in [5.74, 6) is -2.87. The average molecular weight is 320 g/mol. The van der Waals surface area contributed by atoms with Gasteiger partial charge in [-0.3, -0.25) is 9.59 Å². The maximum Gasteiger partial charge on any atom is 0.391 e. The van der Waals surface area contributed by atoms with Gasteiger partial charge in [-0.15, -0.1) is 0 Å². The summed E-state index contributed by atoms with van der Waals surface area (Å²) < 4.78 is 38.0. The van der Waals surface area contributed by atoms with Gasteiger partial charge in [0.15, 0.2) is 0 Å². The normalized spacial score (nSPS) is 27.9. The van der Waals surface area contributed by atoms with E-state index in [2.05, 4.69) is 5.32 Å². The number of piperidine rings is 1. The highest BCUT2D eigenvalue weighted by atomic mass is 19.4. The van der Waals surface area contributed by atoms with E-state index in [4.69, 9.17) is 0 Å². The molecule has 0 radical (unpaired) electrons. The molecule has 22 heavy (non-hydrogen) atoms. The Hall–Kier alpha value is -1.27. The number of halogens is 3. The Morgan fingerprint density at radius 1 is 1.18 bits per heavy atom. The average Bonchev–Trinajstić information content (AvgIpc) is 2.79. The zero-order valence-corrected chi connectivity index (χ0v) is 13.2. The van der Waals surface area contributed by atoms with Crippen molar-refractivity contribution in [3.8, 4) is 0 Å². The first-order valence-electron chi connectivity index (χ1n) is 7.65. The predicted octanol–water partition coefficient (Wildman–Crippen LogP) is 2.20. The zero-order valence-electron chi connectivity index (χ0n) is 13.2. The van der Waals surface area contributed by atoms with Gasteiger partial charge in [0.2, 0.25) is 11.8 Å². The van der Waals surface area contributed by atoms with E-state index in [9.17, 15) is 22.8 Å². The molecule has 2 rings (SSSR count). The second-order valence-corrected chi connectivity index (χ2v) is 7.34. The van der Waals surface area contributed by atoms with Gasteiger partial charge in [0.05, 0.1) is 5.92 Å². The molecule has 2 aliphatic rings. The van der Waals surface area contributed by atoms with Crippen molar-refractivity contribution in [2.45, 2.75) is 39.8 Å². The number of nitrogens with zero attached hydrogens (tertiary/aromatic N) is 1. The minimum absolute atomic E-state index is 0.0731. The number of rotatable bonds is 1. The molecule has 0 bridgehead atoms. The van der Waals surface area contributed by atoms with Crippen LogP contribution in [0.4, 0.5) is 13.2 Å². The van der Waals surface area contributed by atoms with Crippen LogP contribution in [-0.2, 0) is 9.59 Å². The second kappa shape index (κ2) is 5.74. The van der Waals surface area contributed by atoms with Crippen molar-refractivity contribution in [3.05, 3.63) is 0 Å². The summed E-state index contributed by atoms with van der Waals surface area (Å²) in [4.78, 5) is 26.0. The molecule has 0 aromatic carbocycles. The van der Waals surface area contributed by atoms with E-state index in [-0.39, 0.29) is 49.1 Å². The number of alkyl halides is 3. The number of nitrogens with one attached hydrogen (secondary N) is 1. The molecule has 2 atom stereocenters. The minimum atomic E-state index is -4.20. The van der Waals surface area contributed by atoms with Crippen LogP contribution in [0.15, 0.2) is 0 Å². The van der Waals surface area contributed by atoms with Crippen molar-refractivity contribution in [2.75, 3.05) is 19.6 Å². The quantitative estimate of drug-likeness (QED) is 0.753. The van der Waals surface area contributed by atoms with Crippen molar-refractivity contribution in [2.24, 2.45) is 23.2 Å². The van der Waals surface area contributed by atoms with Gasteiger partial charge >= 0.3 is 6.18 Å². The smallest absolute Gasteiger partial charge is 0.355 e. The van der Waals surface area contributed by atoms with Crippen molar-refractivity contribution in [3.63, 3.8) is 0 Å². The van der Waals surface area contributed by atoms with Crippen molar-refractivity contribution in [1.82, 2.24) is 10.2 Å². The van der Waals surface area contributed by atoms with Crippen LogP contribution in [0.1, 0.15) is 33.6 Å². The lowest BCUT2D eigenvalue weighted by atomic mass is 9.74. The maximum absolute atomic E-state index is 12.7. The molecule has 0 saturated carbocycles. The van der Waals surface area contributed by atoms with E-state index in [0.717, 1.165) is 0 Å². The van der Waals surface area contributed by atoms with Gasteiger partial charge in [-0.1, -0.05) is 20.8 Å². The molecular weight excluding hydrogens is 297 g/mol. The summed E-state index contributed by atoms with van der Waals surface area (Å²) >= 11 is 0. The molecule has 2 fully saturated rings. The van der Waals surface area contributed by atoms with E-state index in [1.165, 1.54) is 4.90 Å². The van der Waals surface area contributed by atoms with E-state index >= 15 is 0 Å². The summed E-state index contributed by atoms with van der Waals surface area (Å²) in [6, 6.07) is 0. The number of hydrogen-bond acceptors (Lipinski definition) is 2. The van der Waals surface area contributed by atoms with Gasteiger partial charge in [-0.05, 0) is 18.3 Å². The largest absolute Gasteiger partial charge is 0.391 e. The van der Waals surface area contributed by atoms with E-state index in [1.54, 1.807) is 0 Å². The fourth-order valence-electron chi connectivity index (χ4n) is 3.34. The van der Waals surface area contributed by atoms with Crippen LogP contribution in [0.3, 0.4) is 0 Å². The molecule has 126 valence electrons. The third-order valence-electron chi connectivity index (χ3n) is 4.83. The Morgan fingerprint density at radius 3 is 2.18 bits per heavy atom. The Bertz CT molecular complexity index is 449. The summed E-state index contributed by atoms with van der Waals surface area (Å²) in [5.41, 5.74) is -0.218. The van der Waals surface area contributed by atoms with Crippen LogP contribution in [-0.4, -0.2) is 42.5 Å². The third kappa shape index (κ3) is 3.38. The highest BCUT2D eigenvalue weighted by Gasteiger charge is 2.48. The summed E-state index contributed by atoms with van der Waals surface area (Å²) in [5, 5.41) is 2.71. The fourth-order valence-corrected chi connectivity index (χ4v) is 3.34. The first kappa shape index (κ1) is 17.1. The Balaban J connectivity index is 2.04. The van der Waals surface area contributed by atoms with E-state index in [0.29, 0.717) is 6.54 Å². The van der Waals surface area contributed by atoms with Gasteiger partial charge in [0.25, 0.3) is 0 Å². The van der Waals surface area contributed by atoms with Crippen LogP contribution in [0.25, 0.3) is 0 Å². The first-order chi connectivity index (χ1) is 10.0. The van der Waals surface area contributed by atoms with Gasteiger partial charge in [0.1, 0.15) is 5.92 Å². The first-order valence-corrected chi connectivity index (χ1v) is 7.65. The van der Waals surface area contributed by atoms with Crippen LogP contribution in [0, 0.1) is 23.2 Å². The van der Waals surface area contributed by atoms with Crippen LogP contribution < -0.4 is 5.32 Å². The molecule has 2 saturated heterocycles. The van der Waals surface area contributed by atoms with Crippen LogP contribution >= 0.6 is 0 Å².